The molecule has 1 fully saturated rings. The maximum absolute atomic E-state index is 11.8. The number of rotatable bonds is 8. The van der Waals surface area contributed by atoms with Crippen LogP contribution in [0.5, 0.6) is 0 Å². The SMILES string of the molecule is C=CC(=O)Nc1cccc(-c2cc(Cc3ccccc3)cc(NC(=N)/C=C(\N)C3CCCC3)n2)c1. The fourth-order valence-corrected chi connectivity index (χ4v) is 4.40. The van der Waals surface area contributed by atoms with Crippen molar-refractivity contribution in [2.24, 2.45) is 11.7 Å². The van der Waals surface area contributed by atoms with Gasteiger partial charge < -0.3 is 16.4 Å². The summed E-state index contributed by atoms with van der Waals surface area (Å²) in [5, 5.41) is 14.4. The number of nitrogens with zero attached hydrogens (tertiary/aromatic N) is 1. The van der Waals surface area contributed by atoms with Gasteiger partial charge in [0.1, 0.15) is 11.7 Å². The van der Waals surface area contributed by atoms with E-state index in [0.29, 0.717) is 17.4 Å². The van der Waals surface area contributed by atoms with Gasteiger partial charge in [-0.2, -0.15) is 0 Å². The summed E-state index contributed by atoms with van der Waals surface area (Å²) in [5.74, 6) is 0.889. The number of nitrogens with one attached hydrogen (secondary N) is 3. The maximum Gasteiger partial charge on any atom is 0.247 e. The van der Waals surface area contributed by atoms with Crippen LogP contribution >= 0.6 is 0 Å². The van der Waals surface area contributed by atoms with Gasteiger partial charge in [0.2, 0.25) is 5.91 Å². The summed E-state index contributed by atoms with van der Waals surface area (Å²) in [6, 6.07) is 21.8. The number of anilines is 2. The number of aromatic nitrogens is 1. The van der Waals surface area contributed by atoms with E-state index in [1.54, 1.807) is 6.08 Å². The molecule has 3 aromatic rings. The van der Waals surface area contributed by atoms with Crippen molar-refractivity contribution in [3.05, 3.63) is 102 Å². The fourth-order valence-electron chi connectivity index (χ4n) is 4.40. The Hall–Kier alpha value is -4.19. The summed E-state index contributed by atoms with van der Waals surface area (Å²) in [7, 11) is 0. The predicted molar refractivity (Wildman–Crippen MR) is 143 cm³/mol. The van der Waals surface area contributed by atoms with Crippen LogP contribution in [-0.4, -0.2) is 16.7 Å². The number of carbonyl (C=O) groups excluding carboxylic acids is 1. The number of amides is 1. The first-order chi connectivity index (χ1) is 17.0. The van der Waals surface area contributed by atoms with Crippen LogP contribution in [0.3, 0.4) is 0 Å². The lowest BCUT2D eigenvalue weighted by atomic mass is 10.0. The zero-order valence-electron chi connectivity index (χ0n) is 19.8. The molecule has 1 aromatic heterocycles. The summed E-state index contributed by atoms with van der Waals surface area (Å²) < 4.78 is 0. The van der Waals surface area contributed by atoms with Crippen molar-refractivity contribution in [3.8, 4) is 11.3 Å². The predicted octanol–water partition coefficient (Wildman–Crippen LogP) is 5.89. The number of allylic oxidation sites excluding steroid dienone is 1. The highest BCUT2D eigenvalue weighted by Gasteiger charge is 2.17. The average Bonchev–Trinajstić information content (AvgIpc) is 3.40. The van der Waals surface area contributed by atoms with Gasteiger partial charge >= 0.3 is 0 Å². The lowest BCUT2D eigenvalue weighted by Gasteiger charge is -2.13. The molecule has 0 unspecified atom stereocenters. The van der Waals surface area contributed by atoms with E-state index < -0.39 is 0 Å². The molecule has 0 saturated heterocycles. The molecule has 1 amide bonds. The lowest BCUT2D eigenvalue weighted by Crippen LogP contribution is -2.15. The Morgan fingerprint density at radius 1 is 1.03 bits per heavy atom. The second-order valence-electron chi connectivity index (χ2n) is 8.85. The molecule has 6 heteroatoms. The van der Waals surface area contributed by atoms with Gasteiger partial charge in [0.05, 0.1) is 5.69 Å². The molecule has 2 aromatic carbocycles. The van der Waals surface area contributed by atoms with Gasteiger partial charge in [0, 0.05) is 16.9 Å². The second-order valence-corrected chi connectivity index (χ2v) is 8.85. The third-order valence-electron chi connectivity index (χ3n) is 6.15. The van der Waals surface area contributed by atoms with Crippen LogP contribution in [0.2, 0.25) is 0 Å². The van der Waals surface area contributed by atoms with Gasteiger partial charge in [-0.3, -0.25) is 10.2 Å². The van der Waals surface area contributed by atoms with E-state index in [2.05, 4.69) is 29.3 Å². The number of hydrogen-bond acceptors (Lipinski definition) is 4. The van der Waals surface area contributed by atoms with Crippen molar-refractivity contribution in [2.45, 2.75) is 32.1 Å². The minimum Gasteiger partial charge on any atom is -0.402 e. The molecule has 5 N–H and O–H groups in total. The van der Waals surface area contributed by atoms with E-state index >= 15 is 0 Å². The summed E-state index contributed by atoms with van der Waals surface area (Å²) in [6.45, 7) is 3.51. The Balaban J connectivity index is 1.64. The first-order valence-electron chi connectivity index (χ1n) is 11.9. The van der Waals surface area contributed by atoms with E-state index in [-0.39, 0.29) is 11.7 Å². The van der Waals surface area contributed by atoms with Crippen LogP contribution in [-0.2, 0) is 11.2 Å². The summed E-state index contributed by atoms with van der Waals surface area (Å²) in [4.78, 5) is 16.5. The summed E-state index contributed by atoms with van der Waals surface area (Å²) >= 11 is 0. The number of pyridine rings is 1. The summed E-state index contributed by atoms with van der Waals surface area (Å²) in [6.07, 6.45) is 8.24. The monoisotopic (exact) mass is 465 g/mol. The largest absolute Gasteiger partial charge is 0.402 e. The standard InChI is InChI=1S/C29H31N5O/c1-2-29(35)32-24-14-8-13-23(18-24)26-16-21(15-20-9-4-3-5-10-20)17-28(33-26)34-27(31)19-25(30)22-11-6-7-12-22/h2-5,8-10,13-14,16-19,22H,1,6-7,11-12,15,30H2,(H,32,35)(H2,31,33,34)/b25-19-. The zero-order chi connectivity index (χ0) is 24.6. The molecule has 6 nitrogen and oxygen atoms in total. The van der Waals surface area contributed by atoms with Crippen LogP contribution in [0, 0.1) is 11.3 Å². The maximum atomic E-state index is 11.8. The van der Waals surface area contributed by atoms with E-state index in [1.807, 2.05) is 54.6 Å². The Bertz CT molecular complexity index is 1240. The topological polar surface area (TPSA) is 104 Å². The molecule has 0 spiro atoms. The lowest BCUT2D eigenvalue weighted by molar-refractivity contribution is -0.111. The van der Waals surface area contributed by atoms with Crippen LogP contribution in [0.1, 0.15) is 36.8 Å². The van der Waals surface area contributed by atoms with E-state index in [0.717, 1.165) is 41.8 Å². The molecule has 1 saturated carbocycles. The zero-order valence-corrected chi connectivity index (χ0v) is 19.8. The van der Waals surface area contributed by atoms with Crippen molar-refractivity contribution < 1.29 is 4.79 Å². The van der Waals surface area contributed by atoms with Crippen molar-refractivity contribution in [1.29, 1.82) is 5.41 Å². The smallest absolute Gasteiger partial charge is 0.247 e. The molecule has 0 bridgehead atoms. The Morgan fingerprint density at radius 3 is 2.54 bits per heavy atom. The highest BCUT2D eigenvalue weighted by molar-refractivity contribution is 6.01. The minimum absolute atomic E-state index is 0.219. The van der Waals surface area contributed by atoms with E-state index in [9.17, 15) is 4.79 Å². The number of nitrogens with two attached hydrogens (primary N) is 1. The van der Waals surface area contributed by atoms with Gasteiger partial charge in [0.15, 0.2) is 0 Å². The van der Waals surface area contributed by atoms with Gasteiger partial charge in [-0.1, -0.05) is 61.9 Å². The third-order valence-corrected chi connectivity index (χ3v) is 6.15. The first-order valence-corrected chi connectivity index (χ1v) is 11.9. The molecule has 0 aliphatic heterocycles. The minimum atomic E-state index is -0.268. The molecule has 178 valence electrons. The quantitative estimate of drug-likeness (QED) is 0.189. The number of benzene rings is 2. The summed E-state index contributed by atoms with van der Waals surface area (Å²) in [5.41, 5.74) is 11.5. The Morgan fingerprint density at radius 2 is 1.80 bits per heavy atom. The highest BCUT2D eigenvalue weighted by Crippen LogP contribution is 2.29. The van der Waals surface area contributed by atoms with Gasteiger partial charge in [-0.05, 0) is 72.7 Å². The van der Waals surface area contributed by atoms with Crippen LogP contribution in [0.15, 0.2) is 91.2 Å². The van der Waals surface area contributed by atoms with E-state index in [4.69, 9.17) is 16.1 Å². The van der Waals surface area contributed by atoms with Crippen LogP contribution < -0.4 is 16.4 Å². The Kier molecular flexibility index (Phi) is 7.73. The van der Waals surface area contributed by atoms with Crippen molar-refractivity contribution in [3.63, 3.8) is 0 Å². The van der Waals surface area contributed by atoms with Crippen LogP contribution in [0.4, 0.5) is 11.5 Å². The van der Waals surface area contributed by atoms with Crippen molar-refractivity contribution in [2.75, 3.05) is 10.6 Å². The molecule has 4 rings (SSSR count). The van der Waals surface area contributed by atoms with Crippen molar-refractivity contribution >= 4 is 23.2 Å². The first kappa shape index (κ1) is 24.0. The normalized spacial score (nSPS) is 13.9. The van der Waals surface area contributed by atoms with Gasteiger partial charge in [0.25, 0.3) is 0 Å². The molecule has 1 aliphatic carbocycles. The van der Waals surface area contributed by atoms with Gasteiger partial charge in [-0.25, -0.2) is 4.98 Å². The molecule has 35 heavy (non-hydrogen) atoms. The van der Waals surface area contributed by atoms with Crippen LogP contribution in [0.25, 0.3) is 11.3 Å². The Labute approximate surface area is 206 Å². The highest BCUT2D eigenvalue weighted by atomic mass is 16.1. The van der Waals surface area contributed by atoms with Crippen molar-refractivity contribution in [1.82, 2.24) is 4.98 Å². The van der Waals surface area contributed by atoms with Gasteiger partial charge in [-0.15, -0.1) is 0 Å². The number of hydrogen-bond donors (Lipinski definition) is 4. The second kappa shape index (κ2) is 11.3. The number of amidine groups is 1. The molecule has 1 aliphatic rings. The molecule has 0 radical (unpaired) electrons. The molecule has 1 heterocycles. The third kappa shape index (κ3) is 6.67. The molecular formula is C29H31N5O. The van der Waals surface area contributed by atoms with E-state index in [1.165, 1.54) is 24.5 Å². The average molecular weight is 466 g/mol. The molecule has 0 atom stereocenters. The molecular weight excluding hydrogens is 434 g/mol. The number of carbonyl (C=O) groups is 1. The fraction of sp³-hybridized carbons (Fsp3) is 0.207.